The number of aliphatic hydroxyl groups excluding tert-OH is 1. The van der Waals surface area contributed by atoms with E-state index >= 15 is 0 Å². The molecule has 0 spiro atoms. The van der Waals surface area contributed by atoms with Gasteiger partial charge >= 0.3 is 6.18 Å². The molecule has 0 aliphatic rings. The number of nitrogens with one attached hydrogen (secondary N) is 1. The van der Waals surface area contributed by atoms with Crippen LogP contribution in [-0.2, 0) is 18.0 Å². The molecule has 0 aliphatic carbocycles. The van der Waals surface area contributed by atoms with Crippen LogP contribution in [0.4, 0.5) is 24.8 Å². The lowest BCUT2D eigenvalue weighted by atomic mass is 10.0. The molecule has 4 N–H and O–H groups in total. The molecule has 11 heteroatoms. The molecule has 4 rings (SSSR count). The third-order valence-electron chi connectivity index (χ3n) is 5.39. The Balaban J connectivity index is 1.60. The van der Waals surface area contributed by atoms with Gasteiger partial charge in [0.25, 0.3) is 5.91 Å². The van der Waals surface area contributed by atoms with Crippen molar-refractivity contribution in [3.05, 3.63) is 65.2 Å². The number of benzene rings is 1. The summed E-state index contributed by atoms with van der Waals surface area (Å²) in [5.74, 6) is 0.110. The van der Waals surface area contributed by atoms with Crippen LogP contribution in [0.5, 0.6) is 0 Å². The molecule has 8 nitrogen and oxygen atoms in total. The van der Waals surface area contributed by atoms with E-state index in [2.05, 4.69) is 20.3 Å². The number of aryl methyl sites for hydroxylation is 3. The minimum Gasteiger partial charge on any atom is -0.383 e. The second-order valence-electron chi connectivity index (χ2n) is 7.91. The lowest BCUT2D eigenvalue weighted by molar-refractivity contribution is -0.138. The summed E-state index contributed by atoms with van der Waals surface area (Å²) in [6, 6.07) is 5.57. The molecule has 1 unspecified atom stereocenters. The summed E-state index contributed by atoms with van der Waals surface area (Å²) in [6.45, 7) is 3.56. The molecule has 0 fully saturated rings. The first-order valence-electron chi connectivity index (χ1n) is 10.2. The van der Waals surface area contributed by atoms with Crippen LogP contribution in [0, 0.1) is 13.8 Å². The van der Waals surface area contributed by atoms with Crippen molar-refractivity contribution in [1.29, 1.82) is 0 Å². The number of nitrogens with two attached hydrogens (primary N) is 1. The number of pyridine rings is 1. The monoisotopic (exact) mass is 470 g/mol. The maximum absolute atomic E-state index is 12.9. The summed E-state index contributed by atoms with van der Waals surface area (Å²) >= 11 is 0. The molecule has 1 atom stereocenters. The van der Waals surface area contributed by atoms with Crippen molar-refractivity contribution < 1.29 is 23.1 Å². The highest BCUT2D eigenvalue weighted by molar-refractivity contribution is 6.01. The van der Waals surface area contributed by atoms with Crippen molar-refractivity contribution in [2.45, 2.75) is 26.1 Å². The van der Waals surface area contributed by atoms with Crippen LogP contribution >= 0.6 is 0 Å². The van der Waals surface area contributed by atoms with E-state index in [4.69, 9.17) is 5.73 Å². The number of fused-ring (bicyclic) bond motifs is 1. The van der Waals surface area contributed by atoms with Crippen LogP contribution in [0.1, 0.15) is 28.6 Å². The fraction of sp³-hybridized carbons (Fsp3) is 0.217. The lowest BCUT2D eigenvalue weighted by Crippen LogP contribution is -2.22. The van der Waals surface area contributed by atoms with E-state index in [1.54, 1.807) is 19.9 Å². The number of anilines is 2. The van der Waals surface area contributed by atoms with Crippen LogP contribution in [0.3, 0.4) is 0 Å². The number of carbonyl (C=O) groups excluding carboxylic acids is 1. The van der Waals surface area contributed by atoms with Crippen LogP contribution in [0.25, 0.3) is 22.2 Å². The third-order valence-corrected chi connectivity index (χ3v) is 5.39. The number of aromatic nitrogens is 4. The standard InChI is InChI=1S/C23H21F3N6O2/c1-11-7-17(31-22(34)19(33)13-5-4-6-14(8-13)23(24,25)26)28-9-15(11)16-10-32(3)21-18(16)20(27)29-12(2)30-21/h4-10,19,33H,1-3H3,(H2,27,29,30)(H,28,31,34). The van der Waals surface area contributed by atoms with Crippen molar-refractivity contribution in [2.75, 3.05) is 11.1 Å². The van der Waals surface area contributed by atoms with E-state index in [1.165, 1.54) is 12.3 Å². The zero-order chi connectivity index (χ0) is 24.8. The maximum Gasteiger partial charge on any atom is 0.416 e. The van der Waals surface area contributed by atoms with Crippen molar-refractivity contribution in [3.8, 4) is 11.1 Å². The lowest BCUT2D eigenvalue weighted by Gasteiger charge is -2.14. The number of aliphatic hydroxyl groups is 1. The average molecular weight is 470 g/mol. The number of amides is 1. The fourth-order valence-corrected chi connectivity index (χ4v) is 3.75. The predicted octanol–water partition coefficient (Wildman–Crippen LogP) is 3.92. The summed E-state index contributed by atoms with van der Waals surface area (Å²) < 4.78 is 40.6. The van der Waals surface area contributed by atoms with E-state index in [0.29, 0.717) is 22.7 Å². The third kappa shape index (κ3) is 4.29. The first kappa shape index (κ1) is 23.2. The van der Waals surface area contributed by atoms with Gasteiger partial charge in [-0.1, -0.05) is 12.1 Å². The van der Waals surface area contributed by atoms with Crippen LogP contribution in [0.15, 0.2) is 42.7 Å². The van der Waals surface area contributed by atoms with Gasteiger partial charge in [0.15, 0.2) is 6.10 Å². The Hall–Kier alpha value is -3.99. The number of halogens is 3. The Morgan fingerprint density at radius 3 is 2.59 bits per heavy atom. The SMILES string of the molecule is Cc1nc(N)c2c(-c3cnc(NC(=O)C(O)c4cccc(C(F)(F)F)c4)cc3C)cn(C)c2n1. The Kier molecular flexibility index (Phi) is 5.74. The van der Waals surface area contributed by atoms with E-state index in [-0.39, 0.29) is 11.4 Å². The molecular weight excluding hydrogens is 449 g/mol. The Morgan fingerprint density at radius 2 is 1.91 bits per heavy atom. The molecule has 4 aromatic rings. The van der Waals surface area contributed by atoms with E-state index in [9.17, 15) is 23.1 Å². The molecule has 3 heterocycles. The summed E-state index contributed by atoms with van der Waals surface area (Å²) in [4.78, 5) is 25.4. The normalized spacial score (nSPS) is 12.7. The first-order chi connectivity index (χ1) is 16.0. The fourth-order valence-electron chi connectivity index (χ4n) is 3.75. The van der Waals surface area contributed by atoms with Crippen molar-refractivity contribution in [2.24, 2.45) is 7.05 Å². The number of nitrogens with zero attached hydrogens (tertiary/aromatic N) is 4. The average Bonchev–Trinajstić information content (AvgIpc) is 3.09. The molecule has 0 radical (unpaired) electrons. The highest BCUT2D eigenvalue weighted by atomic mass is 19.4. The number of rotatable bonds is 4. The molecule has 34 heavy (non-hydrogen) atoms. The first-order valence-corrected chi connectivity index (χ1v) is 10.2. The molecule has 1 amide bonds. The highest BCUT2D eigenvalue weighted by Crippen LogP contribution is 2.35. The molecule has 0 bridgehead atoms. The van der Waals surface area contributed by atoms with Gasteiger partial charge in [-0.2, -0.15) is 13.2 Å². The van der Waals surface area contributed by atoms with E-state index < -0.39 is 23.8 Å². The zero-order valence-corrected chi connectivity index (χ0v) is 18.5. The molecule has 176 valence electrons. The van der Waals surface area contributed by atoms with Crippen LogP contribution in [0.2, 0.25) is 0 Å². The Labute approximate surface area is 192 Å². The summed E-state index contributed by atoms with van der Waals surface area (Å²) in [7, 11) is 1.84. The van der Waals surface area contributed by atoms with Gasteiger partial charge in [-0.25, -0.2) is 15.0 Å². The topological polar surface area (TPSA) is 119 Å². The number of hydrogen-bond acceptors (Lipinski definition) is 6. The van der Waals surface area contributed by atoms with Gasteiger partial charge in [-0.15, -0.1) is 0 Å². The molecule has 0 aliphatic heterocycles. The second-order valence-corrected chi connectivity index (χ2v) is 7.91. The Morgan fingerprint density at radius 1 is 1.18 bits per heavy atom. The van der Waals surface area contributed by atoms with E-state index in [0.717, 1.165) is 34.9 Å². The highest BCUT2D eigenvalue weighted by Gasteiger charge is 2.31. The smallest absolute Gasteiger partial charge is 0.383 e. The molecule has 3 aromatic heterocycles. The van der Waals surface area contributed by atoms with Gasteiger partial charge in [0.05, 0.1) is 10.9 Å². The quantitative estimate of drug-likeness (QED) is 0.416. The summed E-state index contributed by atoms with van der Waals surface area (Å²) in [6.07, 6.45) is -3.00. The maximum atomic E-state index is 12.9. The van der Waals surface area contributed by atoms with Gasteiger partial charge in [0.1, 0.15) is 23.1 Å². The van der Waals surface area contributed by atoms with Crippen molar-refractivity contribution >= 4 is 28.6 Å². The minimum absolute atomic E-state index is 0.137. The summed E-state index contributed by atoms with van der Waals surface area (Å²) in [5.41, 5.74) is 7.92. The van der Waals surface area contributed by atoms with Gasteiger partial charge < -0.3 is 20.7 Å². The van der Waals surface area contributed by atoms with Crippen molar-refractivity contribution in [1.82, 2.24) is 19.5 Å². The number of nitrogen functional groups attached to an aromatic ring is 1. The minimum atomic E-state index is -4.59. The van der Waals surface area contributed by atoms with Gasteiger partial charge in [0.2, 0.25) is 0 Å². The number of hydrogen-bond donors (Lipinski definition) is 3. The second kappa shape index (κ2) is 8.41. The largest absolute Gasteiger partial charge is 0.416 e. The molecule has 1 aromatic carbocycles. The van der Waals surface area contributed by atoms with E-state index in [1.807, 2.05) is 17.8 Å². The van der Waals surface area contributed by atoms with Gasteiger partial charge in [-0.3, -0.25) is 4.79 Å². The predicted molar refractivity (Wildman–Crippen MR) is 121 cm³/mol. The molecule has 0 saturated carbocycles. The zero-order valence-electron chi connectivity index (χ0n) is 18.5. The van der Waals surface area contributed by atoms with Gasteiger partial charge in [-0.05, 0) is 43.2 Å². The number of carbonyl (C=O) groups is 1. The molecular formula is C23H21F3N6O2. The summed E-state index contributed by atoms with van der Waals surface area (Å²) in [5, 5.41) is 13.4. The Bertz CT molecular complexity index is 1410. The number of alkyl halides is 3. The van der Waals surface area contributed by atoms with Gasteiger partial charge in [0, 0.05) is 30.6 Å². The van der Waals surface area contributed by atoms with Crippen LogP contribution < -0.4 is 11.1 Å². The van der Waals surface area contributed by atoms with Crippen molar-refractivity contribution in [3.63, 3.8) is 0 Å². The van der Waals surface area contributed by atoms with Crippen LogP contribution in [-0.4, -0.2) is 30.5 Å². The molecule has 0 saturated heterocycles.